The van der Waals surface area contributed by atoms with E-state index in [0.29, 0.717) is 10.6 Å². The molecule has 1 aliphatic rings. The van der Waals surface area contributed by atoms with Crippen LogP contribution in [-0.2, 0) is 0 Å². The van der Waals surface area contributed by atoms with Crippen LogP contribution in [0.3, 0.4) is 0 Å². The van der Waals surface area contributed by atoms with Gasteiger partial charge in [-0.15, -0.1) is 0 Å². The van der Waals surface area contributed by atoms with Gasteiger partial charge in [0.15, 0.2) is 0 Å². The Bertz CT molecular complexity index is 703. The summed E-state index contributed by atoms with van der Waals surface area (Å²) in [5.41, 5.74) is 1.54. The lowest BCUT2D eigenvalue weighted by molar-refractivity contribution is 0.0929. The number of pyridine rings is 1. The lowest BCUT2D eigenvalue weighted by atomic mass is 9.87. The Morgan fingerprint density at radius 3 is 2.57 bits per heavy atom. The number of piperidine rings is 1. The van der Waals surface area contributed by atoms with Crippen molar-refractivity contribution in [1.29, 1.82) is 5.26 Å². The number of hydrogen-bond acceptors (Lipinski definition) is 4. The molecule has 1 saturated heterocycles. The molecule has 1 aliphatic heterocycles. The van der Waals surface area contributed by atoms with E-state index < -0.39 is 6.10 Å². The molecule has 1 aromatic heterocycles. The quantitative estimate of drug-likeness (QED) is 0.936. The summed E-state index contributed by atoms with van der Waals surface area (Å²) in [6.07, 6.45) is 2.99. The monoisotopic (exact) mass is 327 g/mol. The third-order valence-electron chi connectivity index (χ3n) is 4.40. The van der Waals surface area contributed by atoms with E-state index in [2.05, 4.69) is 16.0 Å². The lowest BCUT2D eigenvalue weighted by Gasteiger charge is -2.35. The van der Waals surface area contributed by atoms with Gasteiger partial charge in [-0.05, 0) is 48.6 Å². The van der Waals surface area contributed by atoms with Crippen molar-refractivity contribution in [2.45, 2.75) is 18.9 Å². The van der Waals surface area contributed by atoms with E-state index in [4.69, 9.17) is 16.9 Å². The molecule has 0 spiro atoms. The van der Waals surface area contributed by atoms with Crippen LogP contribution in [0.4, 0.5) is 5.82 Å². The maximum absolute atomic E-state index is 10.6. The fourth-order valence-corrected chi connectivity index (χ4v) is 3.16. The molecule has 1 aromatic carbocycles. The van der Waals surface area contributed by atoms with E-state index in [1.165, 1.54) is 0 Å². The highest BCUT2D eigenvalue weighted by molar-refractivity contribution is 6.30. The number of anilines is 1. The van der Waals surface area contributed by atoms with E-state index in [-0.39, 0.29) is 5.92 Å². The van der Waals surface area contributed by atoms with Crippen molar-refractivity contribution in [3.05, 3.63) is 58.7 Å². The summed E-state index contributed by atoms with van der Waals surface area (Å²) in [5.74, 6) is 1.06. The maximum Gasteiger partial charge on any atom is 0.129 e. The van der Waals surface area contributed by atoms with E-state index in [1.807, 2.05) is 30.3 Å². The number of nitriles is 1. The first-order chi connectivity index (χ1) is 11.2. The summed E-state index contributed by atoms with van der Waals surface area (Å²) >= 11 is 5.90. The molecule has 3 rings (SSSR count). The van der Waals surface area contributed by atoms with Crippen LogP contribution >= 0.6 is 11.6 Å². The number of nitrogens with zero attached hydrogens (tertiary/aromatic N) is 3. The minimum absolute atomic E-state index is 0.228. The van der Waals surface area contributed by atoms with Crippen LogP contribution in [0.5, 0.6) is 0 Å². The summed E-state index contributed by atoms with van der Waals surface area (Å²) < 4.78 is 0. The third-order valence-corrected chi connectivity index (χ3v) is 4.65. The van der Waals surface area contributed by atoms with Gasteiger partial charge in [-0.25, -0.2) is 4.98 Å². The Morgan fingerprint density at radius 2 is 1.91 bits per heavy atom. The topological polar surface area (TPSA) is 60.2 Å². The van der Waals surface area contributed by atoms with Crippen molar-refractivity contribution in [2.75, 3.05) is 18.0 Å². The fraction of sp³-hybridized carbons (Fsp3) is 0.333. The number of hydrogen-bond donors (Lipinski definition) is 1. The molecule has 5 heteroatoms. The van der Waals surface area contributed by atoms with Crippen LogP contribution in [-0.4, -0.2) is 23.2 Å². The average molecular weight is 328 g/mol. The third kappa shape index (κ3) is 3.64. The molecule has 2 aromatic rings. The summed E-state index contributed by atoms with van der Waals surface area (Å²) in [7, 11) is 0. The molecule has 0 aliphatic carbocycles. The van der Waals surface area contributed by atoms with Crippen LogP contribution in [0.2, 0.25) is 5.02 Å². The summed E-state index contributed by atoms with van der Waals surface area (Å²) in [6.45, 7) is 1.66. The zero-order valence-corrected chi connectivity index (χ0v) is 13.4. The first kappa shape index (κ1) is 15.8. The molecule has 23 heavy (non-hydrogen) atoms. The molecular weight excluding hydrogens is 310 g/mol. The van der Waals surface area contributed by atoms with Gasteiger partial charge < -0.3 is 10.0 Å². The number of aliphatic hydroxyl groups excluding tert-OH is 1. The lowest BCUT2D eigenvalue weighted by Crippen LogP contribution is -2.36. The molecule has 118 valence electrons. The van der Waals surface area contributed by atoms with E-state index in [1.54, 1.807) is 12.3 Å². The van der Waals surface area contributed by atoms with Gasteiger partial charge in [-0.1, -0.05) is 23.7 Å². The molecule has 0 bridgehead atoms. The Balaban J connectivity index is 1.63. The van der Waals surface area contributed by atoms with Crippen LogP contribution < -0.4 is 4.90 Å². The minimum Gasteiger partial charge on any atom is -0.388 e. The number of aromatic nitrogens is 1. The van der Waals surface area contributed by atoms with E-state index in [9.17, 15) is 5.11 Å². The zero-order chi connectivity index (χ0) is 16.2. The number of rotatable bonds is 3. The Hall–Kier alpha value is -2.09. The Morgan fingerprint density at radius 1 is 1.22 bits per heavy atom. The fourth-order valence-electron chi connectivity index (χ4n) is 3.04. The second-order valence-corrected chi connectivity index (χ2v) is 6.27. The minimum atomic E-state index is -0.465. The van der Waals surface area contributed by atoms with Crippen LogP contribution in [0.25, 0.3) is 0 Å². The highest BCUT2D eigenvalue weighted by Gasteiger charge is 2.26. The molecular formula is C18H18ClN3O. The largest absolute Gasteiger partial charge is 0.388 e. The van der Waals surface area contributed by atoms with Gasteiger partial charge in [-0.3, -0.25) is 0 Å². The molecule has 2 heterocycles. The molecule has 0 unspecified atom stereocenters. The first-order valence-electron chi connectivity index (χ1n) is 7.72. The van der Waals surface area contributed by atoms with Crippen LogP contribution in [0, 0.1) is 17.2 Å². The first-order valence-corrected chi connectivity index (χ1v) is 8.10. The van der Waals surface area contributed by atoms with Crippen LogP contribution in [0.1, 0.15) is 30.1 Å². The highest BCUT2D eigenvalue weighted by atomic mass is 35.5. The van der Waals surface area contributed by atoms with Gasteiger partial charge >= 0.3 is 0 Å². The smallest absolute Gasteiger partial charge is 0.129 e. The number of aliphatic hydroxyl groups is 1. The van der Waals surface area contributed by atoms with Crippen LogP contribution in [0.15, 0.2) is 42.6 Å². The van der Waals surface area contributed by atoms with Crippen molar-refractivity contribution in [1.82, 2.24) is 4.98 Å². The number of benzene rings is 1. The van der Waals surface area contributed by atoms with E-state index >= 15 is 0 Å². The number of halogens is 1. The standard InChI is InChI=1S/C18H18ClN3O/c19-16-3-1-14(2-4-16)18(23)15-6-9-22(10-7-15)17-11-13(12-20)5-8-21-17/h1-5,8,11,15,18,23H,6-7,9-10H2/t18-/m0/s1. The maximum atomic E-state index is 10.6. The van der Waals surface area contributed by atoms with Crippen molar-refractivity contribution >= 4 is 17.4 Å². The predicted octanol–water partition coefficient (Wildman–Crippen LogP) is 3.56. The van der Waals surface area contributed by atoms with Gasteiger partial charge in [0.1, 0.15) is 5.82 Å². The van der Waals surface area contributed by atoms with Crippen molar-refractivity contribution in [3.8, 4) is 6.07 Å². The second kappa shape index (κ2) is 6.99. The second-order valence-electron chi connectivity index (χ2n) is 5.84. The molecule has 1 atom stereocenters. The van der Waals surface area contributed by atoms with Gasteiger partial charge in [0, 0.05) is 24.3 Å². The van der Waals surface area contributed by atoms with Crippen molar-refractivity contribution < 1.29 is 5.11 Å². The SMILES string of the molecule is N#Cc1ccnc(N2CCC([C@@H](O)c3ccc(Cl)cc3)CC2)c1. The Labute approximate surface area is 141 Å². The summed E-state index contributed by atoms with van der Waals surface area (Å²) in [4.78, 5) is 6.52. The molecule has 0 amide bonds. The molecule has 1 fully saturated rings. The van der Waals surface area contributed by atoms with Gasteiger partial charge in [0.2, 0.25) is 0 Å². The van der Waals surface area contributed by atoms with E-state index in [0.717, 1.165) is 37.3 Å². The molecule has 4 nitrogen and oxygen atoms in total. The van der Waals surface area contributed by atoms with Gasteiger partial charge in [0.25, 0.3) is 0 Å². The van der Waals surface area contributed by atoms with Crippen molar-refractivity contribution in [2.24, 2.45) is 5.92 Å². The zero-order valence-electron chi connectivity index (χ0n) is 12.7. The van der Waals surface area contributed by atoms with Gasteiger partial charge in [-0.2, -0.15) is 5.26 Å². The molecule has 0 saturated carbocycles. The van der Waals surface area contributed by atoms with Crippen molar-refractivity contribution in [3.63, 3.8) is 0 Å². The molecule has 0 radical (unpaired) electrons. The highest BCUT2D eigenvalue weighted by Crippen LogP contribution is 2.32. The predicted molar refractivity (Wildman–Crippen MR) is 90.3 cm³/mol. The molecule has 1 N–H and O–H groups in total. The normalized spacial score (nSPS) is 16.8. The summed E-state index contributed by atoms with van der Waals surface area (Å²) in [5, 5.41) is 20.2. The average Bonchev–Trinajstić information content (AvgIpc) is 2.62. The summed E-state index contributed by atoms with van der Waals surface area (Å²) in [6, 6.07) is 13.1. The van der Waals surface area contributed by atoms with Gasteiger partial charge in [0.05, 0.1) is 17.7 Å². The Kier molecular flexibility index (Phi) is 4.80.